The predicted octanol–water partition coefficient (Wildman–Crippen LogP) is 1.41. The Kier molecular flexibility index (Phi) is 5.33. The number of likely N-dealkylation sites (tertiary alicyclic amines) is 1. The molecule has 114 valence electrons. The number of amides is 1. The number of carbonyl (C=O) groups excluding carboxylic acids is 1. The molecule has 0 radical (unpaired) electrons. The van der Waals surface area contributed by atoms with Crippen LogP contribution in [0.4, 0.5) is 0 Å². The molecule has 5 nitrogen and oxygen atoms in total. The van der Waals surface area contributed by atoms with Crippen molar-refractivity contribution in [2.45, 2.75) is 44.2 Å². The molecule has 0 aromatic heterocycles. The van der Waals surface area contributed by atoms with Crippen LogP contribution in [0.3, 0.4) is 0 Å². The highest BCUT2D eigenvalue weighted by Gasteiger charge is 2.33. The van der Waals surface area contributed by atoms with Crippen LogP contribution in [0.1, 0.15) is 31.2 Å². The van der Waals surface area contributed by atoms with Gasteiger partial charge in [-0.3, -0.25) is 4.79 Å². The van der Waals surface area contributed by atoms with Gasteiger partial charge in [0.25, 0.3) is 0 Å². The lowest BCUT2D eigenvalue weighted by atomic mass is 9.99. The van der Waals surface area contributed by atoms with Gasteiger partial charge < -0.3 is 15.7 Å². The van der Waals surface area contributed by atoms with E-state index in [1.54, 1.807) is 0 Å². The van der Waals surface area contributed by atoms with Gasteiger partial charge in [0.05, 0.1) is 6.04 Å². The molecule has 1 aliphatic rings. The van der Waals surface area contributed by atoms with E-state index in [4.69, 9.17) is 5.73 Å². The van der Waals surface area contributed by atoms with Crippen molar-refractivity contribution in [1.82, 2.24) is 4.90 Å². The summed E-state index contributed by atoms with van der Waals surface area (Å²) >= 11 is 0. The van der Waals surface area contributed by atoms with Crippen LogP contribution in [0.2, 0.25) is 0 Å². The molecule has 1 aromatic rings. The number of nitrogens with two attached hydrogens (primary N) is 1. The number of carboxylic acid groups (broad SMARTS) is 1. The maximum Gasteiger partial charge on any atom is 0.326 e. The van der Waals surface area contributed by atoms with Gasteiger partial charge in [-0.2, -0.15) is 0 Å². The molecule has 1 heterocycles. The molecule has 0 saturated carbocycles. The molecule has 0 bridgehead atoms. The van der Waals surface area contributed by atoms with Crippen molar-refractivity contribution >= 4 is 11.9 Å². The normalized spacial score (nSPS) is 20.0. The number of aryl methyl sites for hydroxylation is 1. The lowest BCUT2D eigenvalue weighted by Crippen LogP contribution is -2.53. The van der Waals surface area contributed by atoms with Crippen molar-refractivity contribution in [2.75, 3.05) is 6.54 Å². The first-order valence-corrected chi connectivity index (χ1v) is 7.42. The molecule has 1 aliphatic heterocycles. The average molecular weight is 290 g/mol. The number of hydrogen-bond acceptors (Lipinski definition) is 3. The maximum absolute atomic E-state index is 12.4. The SMILES string of the molecule is NC(CCc1ccccc1)C(=O)N1CCCC[C@@H]1C(=O)O. The van der Waals surface area contributed by atoms with E-state index >= 15 is 0 Å². The summed E-state index contributed by atoms with van der Waals surface area (Å²) in [7, 11) is 0. The average Bonchev–Trinajstić information content (AvgIpc) is 2.52. The zero-order chi connectivity index (χ0) is 15.2. The molecule has 0 aliphatic carbocycles. The highest BCUT2D eigenvalue weighted by Crippen LogP contribution is 2.19. The van der Waals surface area contributed by atoms with Crippen LogP contribution in [0, 0.1) is 0 Å². The smallest absolute Gasteiger partial charge is 0.326 e. The van der Waals surface area contributed by atoms with Crippen molar-refractivity contribution in [1.29, 1.82) is 0 Å². The van der Waals surface area contributed by atoms with Crippen LogP contribution < -0.4 is 5.73 Å². The van der Waals surface area contributed by atoms with Crippen molar-refractivity contribution in [3.05, 3.63) is 35.9 Å². The summed E-state index contributed by atoms with van der Waals surface area (Å²) in [5, 5.41) is 9.21. The van der Waals surface area contributed by atoms with Gasteiger partial charge in [0, 0.05) is 6.54 Å². The van der Waals surface area contributed by atoms with Crippen molar-refractivity contribution in [3.63, 3.8) is 0 Å². The van der Waals surface area contributed by atoms with E-state index in [1.165, 1.54) is 4.90 Å². The molecular formula is C16H22N2O3. The maximum atomic E-state index is 12.4. The molecule has 5 heteroatoms. The van der Waals surface area contributed by atoms with E-state index in [-0.39, 0.29) is 5.91 Å². The molecule has 21 heavy (non-hydrogen) atoms. The summed E-state index contributed by atoms with van der Waals surface area (Å²) in [6.45, 7) is 0.495. The van der Waals surface area contributed by atoms with Gasteiger partial charge in [-0.25, -0.2) is 4.79 Å². The topological polar surface area (TPSA) is 83.6 Å². The van der Waals surface area contributed by atoms with Crippen molar-refractivity contribution in [3.8, 4) is 0 Å². The number of rotatable bonds is 5. The summed E-state index contributed by atoms with van der Waals surface area (Å²) < 4.78 is 0. The quantitative estimate of drug-likeness (QED) is 0.859. The fraction of sp³-hybridized carbons (Fsp3) is 0.500. The third-order valence-electron chi connectivity index (χ3n) is 3.97. The second kappa shape index (κ2) is 7.22. The number of benzene rings is 1. The van der Waals surface area contributed by atoms with E-state index in [1.807, 2.05) is 30.3 Å². The standard InChI is InChI=1S/C16H22N2O3/c17-13(10-9-12-6-2-1-3-7-12)15(19)18-11-5-4-8-14(18)16(20)21/h1-3,6-7,13-14H,4-5,8-11,17H2,(H,20,21)/t13?,14-/m1/s1. The fourth-order valence-corrected chi connectivity index (χ4v) is 2.76. The van der Waals surface area contributed by atoms with Crippen LogP contribution in [-0.2, 0) is 16.0 Å². The van der Waals surface area contributed by atoms with E-state index in [2.05, 4.69) is 0 Å². The van der Waals surface area contributed by atoms with Gasteiger partial charge >= 0.3 is 5.97 Å². The van der Waals surface area contributed by atoms with E-state index in [0.29, 0.717) is 19.4 Å². The van der Waals surface area contributed by atoms with Crippen molar-refractivity contribution < 1.29 is 14.7 Å². The summed E-state index contributed by atoms with van der Waals surface area (Å²) in [5.74, 6) is -1.17. The predicted molar refractivity (Wildman–Crippen MR) is 79.7 cm³/mol. The van der Waals surface area contributed by atoms with Gasteiger partial charge in [-0.1, -0.05) is 30.3 Å². The summed E-state index contributed by atoms with van der Waals surface area (Å²) in [5.41, 5.74) is 7.11. The fourth-order valence-electron chi connectivity index (χ4n) is 2.76. The summed E-state index contributed by atoms with van der Waals surface area (Å²) in [6.07, 6.45) is 3.47. The Bertz CT molecular complexity index is 490. The van der Waals surface area contributed by atoms with Gasteiger partial charge in [0.15, 0.2) is 0 Å². The van der Waals surface area contributed by atoms with Crippen LogP contribution in [0.5, 0.6) is 0 Å². The largest absolute Gasteiger partial charge is 0.480 e. The Morgan fingerprint density at radius 1 is 1.29 bits per heavy atom. The van der Waals surface area contributed by atoms with Crippen molar-refractivity contribution in [2.24, 2.45) is 5.73 Å². The Morgan fingerprint density at radius 2 is 2.00 bits per heavy atom. The first-order valence-electron chi connectivity index (χ1n) is 7.42. The highest BCUT2D eigenvalue weighted by atomic mass is 16.4. The van der Waals surface area contributed by atoms with E-state index in [9.17, 15) is 14.7 Å². The minimum Gasteiger partial charge on any atom is -0.480 e. The first kappa shape index (κ1) is 15.5. The Labute approximate surface area is 124 Å². The number of aliphatic carboxylic acids is 1. The van der Waals surface area contributed by atoms with Gasteiger partial charge in [-0.15, -0.1) is 0 Å². The minimum absolute atomic E-state index is 0.238. The van der Waals surface area contributed by atoms with Gasteiger partial charge in [0.1, 0.15) is 6.04 Å². The minimum atomic E-state index is -0.932. The Morgan fingerprint density at radius 3 is 2.67 bits per heavy atom. The first-order chi connectivity index (χ1) is 10.1. The second-order valence-electron chi connectivity index (χ2n) is 5.51. The van der Waals surface area contributed by atoms with Crippen LogP contribution in [0.15, 0.2) is 30.3 Å². The molecule has 1 saturated heterocycles. The molecule has 1 amide bonds. The highest BCUT2D eigenvalue weighted by molar-refractivity contribution is 5.87. The lowest BCUT2D eigenvalue weighted by Gasteiger charge is -2.34. The van der Waals surface area contributed by atoms with Crippen LogP contribution >= 0.6 is 0 Å². The number of nitrogens with zero attached hydrogens (tertiary/aromatic N) is 1. The third kappa shape index (κ3) is 4.04. The molecule has 2 rings (SSSR count). The monoisotopic (exact) mass is 290 g/mol. The zero-order valence-corrected chi connectivity index (χ0v) is 12.1. The van der Waals surface area contributed by atoms with E-state index < -0.39 is 18.1 Å². The molecule has 1 unspecified atom stereocenters. The van der Waals surface area contributed by atoms with E-state index in [0.717, 1.165) is 24.8 Å². The number of piperidine rings is 1. The zero-order valence-electron chi connectivity index (χ0n) is 12.1. The van der Waals surface area contributed by atoms with Crippen LogP contribution in [-0.4, -0.2) is 40.5 Å². The van der Waals surface area contributed by atoms with Gasteiger partial charge in [-0.05, 0) is 37.7 Å². The molecule has 1 fully saturated rings. The molecular weight excluding hydrogens is 268 g/mol. The lowest BCUT2D eigenvalue weighted by molar-refractivity contribution is -0.152. The van der Waals surface area contributed by atoms with Crippen LogP contribution in [0.25, 0.3) is 0 Å². The second-order valence-corrected chi connectivity index (χ2v) is 5.51. The summed E-state index contributed by atoms with van der Waals surface area (Å²) in [4.78, 5) is 25.1. The number of hydrogen-bond donors (Lipinski definition) is 2. The molecule has 0 spiro atoms. The summed E-state index contributed by atoms with van der Waals surface area (Å²) in [6, 6.07) is 8.50. The third-order valence-corrected chi connectivity index (χ3v) is 3.97. The molecule has 1 aromatic carbocycles. The molecule has 2 atom stereocenters. The Balaban J connectivity index is 1.93. The Hall–Kier alpha value is -1.88. The molecule has 3 N–H and O–H groups in total. The number of carboxylic acids is 1. The van der Waals surface area contributed by atoms with Gasteiger partial charge in [0.2, 0.25) is 5.91 Å². The number of carbonyl (C=O) groups is 2.